The maximum atomic E-state index is 12.2. The Kier molecular flexibility index (Phi) is 8.45. The fraction of sp³-hybridized carbons (Fsp3) is 0.423. The van der Waals surface area contributed by atoms with Gasteiger partial charge in [-0.05, 0) is 38.0 Å². The van der Waals surface area contributed by atoms with Gasteiger partial charge < -0.3 is 23.7 Å². The van der Waals surface area contributed by atoms with Crippen LogP contribution in [0.4, 0.5) is 0 Å². The lowest BCUT2D eigenvalue weighted by Crippen LogP contribution is -2.36. The van der Waals surface area contributed by atoms with Gasteiger partial charge in [0, 0.05) is 6.42 Å². The summed E-state index contributed by atoms with van der Waals surface area (Å²) >= 11 is 0. The van der Waals surface area contributed by atoms with Crippen molar-refractivity contribution in [3.05, 3.63) is 83.6 Å². The predicted molar refractivity (Wildman–Crippen MR) is 121 cm³/mol. The molecule has 0 amide bonds. The summed E-state index contributed by atoms with van der Waals surface area (Å²) in [5, 5.41) is 0. The molecule has 0 N–H and O–H groups in total. The van der Waals surface area contributed by atoms with Crippen molar-refractivity contribution in [2.45, 2.75) is 57.9 Å². The third kappa shape index (κ3) is 7.48. The van der Waals surface area contributed by atoms with Gasteiger partial charge in [0.05, 0.1) is 32.0 Å². The van der Waals surface area contributed by atoms with Gasteiger partial charge in [-0.3, -0.25) is 0 Å². The predicted octanol–water partition coefficient (Wildman–Crippen LogP) is 4.95. The van der Waals surface area contributed by atoms with E-state index in [0.717, 1.165) is 11.1 Å². The van der Waals surface area contributed by atoms with Crippen LogP contribution in [0.2, 0.25) is 0 Å². The first-order chi connectivity index (χ1) is 15.3. The van der Waals surface area contributed by atoms with Gasteiger partial charge in [0.25, 0.3) is 0 Å². The van der Waals surface area contributed by atoms with E-state index in [1.165, 1.54) is 7.11 Å². The van der Waals surface area contributed by atoms with Crippen LogP contribution >= 0.6 is 0 Å². The zero-order chi connectivity index (χ0) is 23.0. The van der Waals surface area contributed by atoms with Crippen LogP contribution in [0.5, 0.6) is 0 Å². The van der Waals surface area contributed by atoms with Gasteiger partial charge in [-0.25, -0.2) is 4.79 Å². The minimum Gasteiger partial charge on any atom is -0.463 e. The molecule has 0 saturated carbocycles. The SMILES string of the molecule is COC(=O)C1=C[C@H](OC(C)(C)C)C[C@H](O[C@@H](COCc2ccccc2)c2ccccc2)O1. The van der Waals surface area contributed by atoms with Gasteiger partial charge in [0.15, 0.2) is 0 Å². The van der Waals surface area contributed by atoms with Crippen molar-refractivity contribution in [2.24, 2.45) is 0 Å². The molecule has 0 unspecified atom stereocenters. The van der Waals surface area contributed by atoms with Crippen LogP contribution in [0.15, 0.2) is 72.5 Å². The van der Waals surface area contributed by atoms with Crippen molar-refractivity contribution in [1.82, 2.24) is 0 Å². The first kappa shape index (κ1) is 24.0. The molecule has 0 fully saturated rings. The summed E-state index contributed by atoms with van der Waals surface area (Å²) in [7, 11) is 1.32. The van der Waals surface area contributed by atoms with E-state index in [-0.39, 0.29) is 23.6 Å². The van der Waals surface area contributed by atoms with Crippen LogP contribution in [0.25, 0.3) is 0 Å². The Bertz CT molecular complexity index is 872. The molecule has 0 aromatic heterocycles. The second kappa shape index (κ2) is 11.3. The van der Waals surface area contributed by atoms with E-state index < -0.39 is 12.3 Å². The fourth-order valence-electron chi connectivity index (χ4n) is 3.41. The molecule has 6 heteroatoms. The van der Waals surface area contributed by atoms with Crippen molar-refractivity contribution >= 4 is 5.97 Å². The quantitative estimate of drug-likeness (QED) is 0.514. The van der Waals surface area contributed by atoms with Gasteiger partial charge in [-0.15, -0.1) is 0 Å². The van der Waals surface area contributed by atoms with Crippen LogP contribution in [-0.2, 0) is 35.1 Å². The average molecular weight is 441 g/mol. The number of methoxy groups -OCH3 is 1. The van der Waals surface area contributed by atoms with E-state index in [1.807, 2.05) is 81.4 Å². The molecule has 32 heavy (non-hydrogen) atoms. The van der Waals surface area contributed by atoms with Crippen LogP contribution < -0.4 is 0 Å². The Morgan fingerprint density at radius 1 is 1.06 bits per heavy atom. The zero-order valence-electron chi connectivity index (χ0n) is 19.2. The van der Waals surface area contributed by atoms with Gasteiger partial charge >= 0.3 is 5.97 Å². The van der Waals surface area contributed by atoms with Gasteiger partial charge in [-0.1, -0.05) is 60.7 Å². The standard InChI is InChI=1S/C26H32O6/c1-26(2,3)32-21-15-22(25(27)28-4)30-24(16-21)31-23(20-13-9-6-10-14-20)18-29-17-19-11-7-5-8-12-19/h5-15,21,23-24H,16-18H2,1-4H3/t21-,23-,24-/m0/s1. The lowest BCUT2D eigenvalue weighted by molar-refractivity contribution is -0.200. The second-order valence-corrected chi connectivity index (χ2v) is 8.61. The lowest BCUT2D eigenvalue weighted by atomic mass is 10.1. The topological polar surface area (TPSA) is 63.2 Å². The van der Waals surface area contributed by atoms with E-state index in [4.69, 9.17) is 23.7 Å². The number of hydrogen-bond acceptors (Lipinski definition) is 6. The summed E-state index contributed by atoms with van der Waals surface area (Å²) in [5.41, 5.74) is 1.66. The monoisotopic (exact) mass is 440 g/mol. The Morgan fingerprint density at radius 2 is 1.72 bits per heavy atom. The summed E-state index contributed by atoms with van der Waals surface area (Å²) in [6.45, 7) is 6.71. The summed E-state index contributed by atoms with van der Waals surface area (Å²) in [5.74, 6) is -0.465. The molecule has 172 valence electrons. The fourth-order valence-corrected chi connectivity index (χ4v) is 3.41. The maximum absolute atomic E-state index is 12.2. The van der Waals surface area contributed by atoms with Crippen molar-refractivity contribution < 1.29 is 28.5 Å². The number of carbonyl (C=O) groups excluding carboxylic acids is 1. The maximum Gasteiger partial charge on any atom is 0.373 e. The molecule has 2 aromatic rings. The summed E-state index contributed by atoms with van der Waals surface area (Å²) in [6.07, 6.45) is 0.689. The summed E-state index contributed by atoms with van der Waals surface area (Å²) in [4.78, 5) is 12.2. The van der Waals surface area contributed by atoms with Gasteiger partial charge in [-0.2, -0.15) is 0 Å². The molecule has 3 atom stereocenters. The molecule has 1 aliphatic rings. The molecule has 0 aliphatic carbocycles. The number of benzene rings is 2. The summed E-state index contributed by atoms with van der Waals surface area (Å²) in [6, 6.07) is 19.8. The largest absolute Gasteiger partial charge is 0.463 e. The van der Waals surface area contributed by atoms with Crippen molar-refractivity contribution in [3.8, 4) is 0 Å². The third-order valence-corrected chi connectivity index (χ3v) is 4.78. The molecule has 6 nitrogen and oxygen atoms in total. The highest BCUT2D eigenvalue weighted by molar-refractivity contribution is 5.86. The van der Waals surface area contributed by atoms with E-state index in [1.54, 1.807) is 6.08 Å². The van der Waals surface area contributed by atoms with Crippen molar-refractivity contribution in [3.63, 3.8) is 0 Å². The molecule has 0 radical (unpaired) electrons. The Hall–Kier alpha value is -2.67. The van der Waals surface area contributed by atoms with E-state index >= 15 is 0 Å². The van der Waals surface area contributed by atoms with Crippen LogP contribution in [0.1, 0.15) is 44.4 Å². The third-order valence-electron chi connectivity index (χ3n) is 4.78. The highest BCUT2D eigenvalue weighted by atomic mass is 16.7. The minimum atomic E-state index is -0.688. The van der Waals surface area contributed by atoms with Crippen LogP contribution in [0, 0.1) is 0 Å². The number of carbonyl (C=O) groups is 1. The minimum absolute atomic E-state index is 0.0926. The Balaban J connectivity index is 1.72. The van der Waals surface area contributed by atoms with E-state index in [0.29, 0.717) is 19.6 Å². The molecule has 3 rings (SSSR count). The normalized spacial score (nSPS) is 19.6. The van der Waals surface area contributed by atoms with Gasteiger partial charge in [0.2, 0.25) is 12.0 Å². The van der Waals surface area contributed by atoms with E-state index in [9.17, 15) is 4.79 Å². The zero-order valence-corrected chi connectivity index (χ0v) is 19.2. The highest BCUT2D eigenvalue weighted by Crippen LogP contribution is 2.29. The highest BCUT2D eigenvalue weighted by Gasteiger charge is 2.33. The number of ether oxygens (including phenoxy) is 5. The molecular formula is C26H32O6. The smallest absolute Gasteiger partial charge is 0.373 e. The van der Waals surface area contributed by atoms with Gasteiger partial charge in [0.1, 0.15) is 6.10 Å². The Labute approximate surface area is 190 Å². The molecule has 1 heterocycles. The van der Waals surface area contributed by atoms with Crippen molar-refractivity contribution in [1.29, 1.82) is 0 Å². The molecule has 1 aliphatic heterocycles. The molecule has 0 bridgehead atoms. The second-order valence-electron chi connectivity index (χ2n) is 8.61. The van der Waals surface area contributed by atoms with Crippen LogP contribution in [-0.4, -0.2) is 37.7 Å². The number of hydrogen-bond donors (Lipinski definition) is 0. The van der Waals surface area contributed by atoms with Crippen molar-refractivity contribution in [2.75, 3.05) is 13.7 Å². The average Bonchev–Trinajstić information content (AvgIpc) is 2.78. The van der Waals surface area contributed by atoms with Crippen LogP contribution in [0.3, 0.4) is 0 Å². The molecule has 0 spiro atoms. The molecule has 0 saturated heterocycles. The Morgan fingerprint density at radius 3 is 2.34 bits per heavy atom. The number of esters is 1. The molecule has 2 aromatic carbocycles. The number of rotatable bonds is 9. The first-order valence-electron chi connectivity index (χ1n) is 10.8. The lowest BCUT2D eigenvalue weighted by Gasteiger charge is -2.34. The summed E-state index contributed by atoms with van der Waals surface area (Å²) < 4.78 is 29.0. The van der Waals surface area contributed by atoms with E-state index in [2.05, 4.69) is 0 Å². The molecular weight excluding hydrogens is 408 g/mol. The first-order valence-corrected chi connectivity index (χ1v) is 10.8.